The lowest BCUT2D eigenvalue weighted by Gasteiger charge is -2.42. The maximum Gasteiger partial charge on any atom is 0.313 e. The minimum absolute atomic E-state index is 0.0124. The summed E-state index contributed by atoms with van der Waals surface area (Å²) in [5, 5.41) is 4.76. The predicted octanol–water partition coefficient (Wildman–Crippen LogP) is 6.31. The van der Waals surface area contributed by atoms with Crippen LogP contribution in [0.5, 0.6) is 0 Å². The van der Waals surface area contributed by atoms with E-state index in [1.165, 1.54) is 10.4 Å². The number of aryl methyl sites for hydroxylation is 1. The lowest BCUT2D eigenvalue weighted by atomic mass is 9.70. The molecular formula is C29H41N4O2S+. The van der Waals surface area contributed by atoms with Gasteiger partial charge in [0.25, 0.3) is 0 Å². The molecule has 194 valence electrons. The molecule has 1 saturated heterocycles. The van der Waals surface area contributed by atoms with Crippen molar-refractivity contribution in [2.75, 3.05) is 45.3 Å². The fourth-order valence-corrected chi connectivity index (χ4v) is 6.73. The number of para-hydroxylation sites is 2. The minimum Gasteiger partial charge on any atom is -0.415 e. The molecule has 2 fully saturated rings. The number of hydrogen-bond acceptors (Lipinski definition) is 6. The molecule has 0 amide bonds. The molecular weight excluding hydrogens is 468 g/mol. The Morgan fingerprint density at radius 2 is 1.86 bits per heavy atom. The smallest absolute Gasteiger partial charge is 0.313 e. The molecule has 0 bridgehead atoms. The topological polar surface area (TPSA) is 53.9 Å². The third kappa shape index (κ3) is 5.32. The fourth-order valence-electron chi connectivity index (χ4n) is 5.81. The number of benzene rings is 1. The Hall–Kier alpha value is -2.38. The molecule has 0 radical (unpaired) electrons. The number of likely N-dealkylation sites (N-methyl/N-ethyl adjacent to an activating group) is 1. The van der Waals surface area contributed by atoms with Gasteiger partial charge >= 0.3 is 5.97 Å². The maximum atomic E-state index is 12.9. The molecule has 0 spiro atoms. The van der Waals surface area contributed by atoms with Crippen molar-refractivity contribution in [1.29, 1.82) is 0 Å². The summed E-state index contributed by atoms with van der Waals surface area (Å²) in [4.78, 5) is 21.7. The lowest BCUT2D eigenvalue weighted by molar-refractivity contribution is -0.929. The SMILES string of the molecule is Cc1cc2c(s1)Nc1ccccc1N=C2N1CC[N+](C)(COC(=O)C2CCC(C(C)(C)C)CC2)CC1. The Kier molecular flexibility index (Phi) is 6.90. The van der Waals surface area contributed by atoms with Gasteiger partial charge in [0.05, 0.1) is 56.1 Å². The van der Waals surface area contributed by atoms with Gasteiger partial charge in [-0.05, 0) is 62.1 Å². The number of ether oxygens (including phenoxy) is 1. The standard InChI is InChI=1S/C29H41N4O2S/c1-20-18-23-26(30-24-8-6-7-9-25(24)31-27(23)36-20)32-14-16-33(5,17-15-32)19-35-28(34)21-10-12-22(13-11-21)29(2,3)4/h6-9,18,21-22,31H,10-17,19H2,1-5H3/q+1. The third-order valence-corrected chi connectivity index (χ3v) is 9.36. The van der Waals surface area contributed by atoms with E-state index in [2.05, 4.69) is 63.2 Å². The molecule has 7 heteroatoms. The zero-order valence-corrected chi connectivity index (χ0v) is 23.3. The van der Waals surface area contributed by atoms with Gasteiger partial charge in [-0.1, -0.05) is 32.9 Å². The Labute approximate surface area is 219 Å². The quantitative estimate of drug-likeness (QED) is 0.389. The number of amidine groups is 1. The number of nitrogens with zero attached hydrogens (tertiary/aromatic N) is 3. The van der Waals surface area contributed by atoms with Crippen molar-refractivity contribution in [2.45, 2.75) is 53.4 Å². The van der Waals surface area contributed by atoms with Crippen LogP contribution in [-0.4, -0.2) is 61.1 Å². The number of piperazine rings is 1. The maximum absolute atomic E-state index is 12.9. The molecule has 36 heavy (non-hydrogen) atoms. The second kappa shape index (κ2) is 9.82. The molecule has 0 unspecified atom stereocenters. The summed E-state index contributed by atoms with van der Waals surface area (Å²) < 4.78 is 6.69. The lowest BCUT2D eigenvalue weighted by Crippen LogP contribution is -2.59. The highest BCUT2D eigenvalue weighted by atomic mass is 32.1. The zero-order chi connectivity index (χ0) is 25.5. The van der Waals surface area contributed by atoms with Gasteiger partial charge in [-0.25, -0.2) is 4.99 Å². The molecule has 5 rings (SSSR count). The van der Waals surface area contributed by atoms with Crippen LogP contribution in [0.4, 0.5) is 16.4 Å². The third-order valence-electron chi connectivity index (χ3n) is 8.40. The van der Waals surface area contributed by atoms with Crippen LogP contribution < -0.4 is 5.32 Å². The van der Waals surface area contributed by atoms with Crippen molar-refractivity contribution in [3.63, 3.8) is 0 Å². The summed E-state index contributed by atoms with van der Waals surface area (Å²) in [6.07, 6.45) is 4.20. The normalized spacial score (nSPS) is 23.6. The van der Waals surface area contributed by atoms with Crippen molar-refractivity contribution in [3.8, 4) is 0 Å². The number of nitrogens with one attached hydrogen (secondary N) is 1. The van der Waals surface area contributed by atoms with E-state index in [-0.39, 0.29) is 11.9 Å². The average Bonchev–Trinajstić information content (AvgIpc) is 3.14. The first-order chi connectivity index (χ1) is 17.1. The number of carbonyl (C=O) groups is 1. The monoisotopic (exact) mass is 509 g/mol. The van der Waals surface area contributed by atoms with E-state index in [0.717, 1.165) is 78.6 Å². The van der Waals surface area contributed by atoms with E-state index in [1.54, 1.807) is 11.3 Å². The molecule has 3 aliphatic rings. The van der Waals surface area contributed by atoms with Gasteiger partial charge in [0.1, 0.15) is 10.8 Å². The average molecular weight is 510 g/mol. The van der Waals surface area contributed by atoms with Crippen molar-refractivity contribution in [3.05, 3.63) is 40.8 Å². The van der Waals surface area contributed by atoms with Gasteiger partial charge < -0.3 is 15.0 Å². The molecule has 3 heterocycles. The van der Waals surface area contributed by atoms with Crippen LogP contribution in [0.2, 0.25) is 0 Å². The van der Waals surface area contributed by atoms with E-state index in [1.807, 2.05) is 12.1 Å². The van der Waals surface area contributed by atoms with Crippen molar-refractivity contribution in [1.82, 2.24) is 4.90 Å². The fraction of sp³-hybridized carbons (Fsp3) is 0.586. The highest BCUT2D eigenvalue weighted by Crippen LogP contribution is 2.41. The molecule has 2 aromatic rings. The Morgan fingerprint density at radius 3 is 2.56 bits per heavy atom. The first kappa shape index (κ1) is 25.3. The van der Waals surface area contributed by atoms with Gasteiger partial charge in [0, 0.05) is 4.88 Å². The van der Waals surface area contributed by atoms with E-state index >= 15 is 0 Å². The molecule has 1 aromatic carbocycles. The van der Waals surface area contributed by atoms with Gasteiger partial charge in [0.15, 0.2) is 0 Å². The second-order valence-corrected chi connectivity index (χ2v) is 13.5. The van der Waals surface area contributed by atoms with Gasteiger partial charge in [-0.3, -0.25) is 9.28 Å². The highest BCUT2D eigenvalue weighted by Gasteiger charge is 2.36. The van der Waals surface area contributed by atoms with Crippen LogP contribution in [0.3, 0.4) is 0 Å². The predicted molar refractivity (Wildman–Crippen MR) is 148 cm³/mol. The van der Waals surface area contributed by atoms with Crippen molar-refractivity contribution < 1.29 is 14.0 Å². The number of fused-ring (bicyclic) bond motifs is 2. The van der Waals surface area contributed by atoms with Gasteiger partial charge in [0.2, 0.25) is 6.73 Å². The van der Waals surface area contributed by atoms with Gasteiger partial charge in [-0.2, -0.15) is 0 Å². The second-order valence-electron chi connectivity index (χ2n) is 12.2. The molecule has 6 nitrogen and oxygen atoms in total. The number of carbonyl (C=O) groups excluding carboxylic acids is 1. The molecule has 0 atom stereocenters. The number of esters is 1. The first-order valence-electron chi connectivity index (χ1n) is 13.4. The molecule has 1 aliphatic carbocycles. The summed E-state index contributed by atoms with van der Waals surface area (Å²) in [6.45, 7) is 13.2. The Bertz CT molecular complexity index is 1130. The van der Waals surface area contributed by atoms with Gasteiger partial charge in [-0.15, -0.1) is 11.3 Å². The largest absolute Gasteiger partial charge is 0.415 e. The van der Waals surface area contributed by atoms with Crippen molar-refractivity contribution in [2.24, 2.45) is 22.2 Å². The van der Waals surface area contributed by atoms with Crippen LogP contribution in [0.15, 0.2) is 35.3 Å². The molecule has 1 N–H and O–H groups in total. The van der Waals surface area contributed by atoms with Crippen molar-refractivity contribution >= 4 is 39.5 Å². The van der Waals surface area contributed by atoms with E-state index in [9.17, 15) is 4.79 Å². The van der Waals surface area contributed by atoms with E-state index in [4.69, 9.17) is 9.73 Å². The number of hydrogen-bond donors (Lipinski definition) is 1. The summed E-state index contributed by atoms with van der Waals surface area (Å²) in [6, 6.07) is 10.5. The summed E-state index contributed by atoms with van der Waals surface area (Å²) in [5.41, 5.74) is 3.54. The number of quaternary nitrogens is 1. The Balaban J connectivity index is 1.20. The minimum atomic E-state index is 0.0124. The van der Waals surface area contributed by atoms with E-state index < -0.39 is 0 Å². The Morgan fingerprint density at radius 1 is 1.17 bits per heavy atom. The number of rotatable bonds is 3. The summed E-state index contributed by atoms with van der Waals surface area (Å²) in [7, 11) is 2.22. The molecule has 1 aromatic heterocycles. The number of thiophene rings is 1. The van der Waals surface area contributed by atoms with Crippen LogP contribution in [-0.2, 0) is 9.53 Å². The number of aliphatic imine (C=N–C) groups is 1. The van der Waals surface area contributed by atoms with E-state index in [0.29, 0.717) is 18.1 Å². The number of anilines is 2. The van der Waals surface area contributed by atoms with Crippen LogP contribution in [0, 0.1) is 24.2 Å². The first-order valence-corrected chi connectivity index (χ1v) is 14.2. The molecule has 2 aliphatic heterocycles. The van der Waals surface area contributed by atoms with Crippen LogP contribution in [0.1, 0.15) is 56.9 Å². The zero-order valence-electron chi connectivity index (χ0n) is 22.5. The van der Waals surface area contributed by atoms with Crippen LogP contribution in [0.25, 0.3) is 0 Å². The summed E-state index contributed by atoms with van der Waals surface area (Å²) in [5.74, 6) is 1.84. The summed E-state index contributed by atoms with van der Waals surface area (Å²) >= 11 is 1.78. The molecule has 1 saturated carbocycles. The van der Waals surface area contributed by atoms with Crippen LogP contribution >= 0.6 is 11.3 Å². The highest BCUT2D eigenvalue weighted by molar-refractivity contribution is 7.16.